The van der Waals surface area contributed by atoms with Crippen molar-refractivity contribution in [2.45, 2.75) is 6.61 Å². The number of anilines is 1. The number of aliphatic hydroxyl groups is 1. The molecule has 0 aliphatic carbocycles. The highest BCUT2D eigenvalue weighted by atomic mass is 32.1. The van der Waals surface area contributed by atoms with Gasteiger partial charge >= 0.3 is 6.03 Å². The number of nitrogens with zero attached hydrogens (tertiary/aromatic N) is 2. The lowest BCUT2D eigenvalue weighted by Gasteiger charge is -2.02. The highest BCUT2D eigenvalue weighted by Gasteiger charge is 2.08. The van der Waals surface area contributed by atoms with Crippen molar-refractivity contribution in [3.63, 3.8) is 0 Å². The third-order valence-electron chi connectivity index (χ3n) is 2.89. The molecule has 0 saturated carbocycles. The van der Waals surface area contributed by atoms with Crippen molar-refractivity contribution in [2.75, 3.05) is 5.32 Å². The van der Waals surface area contributed by atoms with Crippen LogP contribution < -0.4 is 11.1 Å². The van der Waals surface area contributed by atoms with Crippen LogP contribution in [0.3, 0.4) is 0 Å². The number of aliphatic hydroxyl groups excluding tert-OH is 1. The van der Waals surface area contributed by atoms with Gasteiger partial charge in [0.1, 0.15) is 5.01 Å². The number of rotatable bonds is 3. The van der Waals surface area contributed by atoms with Crippen LogP contribution in [0.4, 0.5) is 10.5 Å². The molecule has 3 aromatic rings. The van der Waals surface area contributed by atoms with Crippen LogP contribution in [0, 0.1) is 0 Å². The summed E-state index contributed by atoms with van der Waals surface area (Å²) in [5.41, 5.74) is 8.06. The van der Waals surface area contributed by atoms with Gasteiger partial charge in [0.15, 0.2) is 0 Å². The Balaban J connectivity index is 2.01. The van der Waals surface area contributed by atoms with Gasteiger partial charge in [0.2, 0.25) is 0 Å². The van der Waals surface area contributed by atoms with E-state index in [0.29, 0.717) is 5.69 Å². The first kappa shape index (κ1) is 13.5. The summed E-state index contributed by atoms with van der Waals surface area (Å²) in [6.07, 6.45) is 3.20. The van der Waals surface area contributed by atoms with Gasteiger partial charge in [-0.05, 0) is 23.8 Å². The van der Waals surface area contributed by atoms with Crippen LogP contribution in [0.15, 0.2) is 36.7 Å². The van der Waals surface area contributed by atoms with E-state index < -0.39 is 6.03 Å². The second kappa shape index (κ2) is 5.47. The number of primary amides is 1. The summed E-state index contributed by atoms with van der Waals surface area (Å²) in [6, 6.07) is 6.79. The van der Waals surface area contributed by atoms with Crippen LogP contribution >= 0.6 is 11.3 Å². The predicted octanol–water partition coefficient (Wildman–Crippen LogP) is 2.34. The SMILES string of the molecule is NC(=O)Nc1cncc(-c2nc3cc(CO)ccc3s2)c1. The van der Waals surface area contributed by atoms with Gasteiger partial charge < -0.3 is 16.2 Å². The zero-order valence-corrected chi connectivity index (χ0v) is 11.7. The van der Waals surface area contributed by atoms with Gasteiger partial charge in [-0.15, -0.1) is 11.3 Å². The summed E-state index contributed by atoms with van der Waals surface area (Å²) in [7, 11) is 0. The fraction of sp³-hybridized carbons (Fsp3) is 0.0714. The summed E-state index contributed by atoms with van der Waals surface area (Å²) in [5, 5.41) is 12.4. The first-order valence-corrected chi connectivity index (χ1v) is 6.99. The highest BCUT2D eigenvalue weighted by molar-refractivity contribution is 7.21. The van der Waals surface area contributed by atoms with E-state index in [0.717, 1.165) is 26.4 Å². The maximum absolute atomic E-state index is 10.9. The molecular weight excluding hydrogens is 288 g/mol. The van der Waals surface area contributed by atoms with E-state index in [2.05, 4.69) is 15.3 Å². The van der Waals surface area contributed by atoms with Gasteiger partial charge in [0.05, 0.1) is 28.7 Å². The normalized spacial score (nSPS) is 10.7. The number of aromatic nitrogens is 2. The zero-order chi connectivity index (χ0) is 14.8. The van der Waals surface area contributed by atoms with E-state index in [9.17, 15) is 4.79 Å². The Morgan fingerprint density at radius 2 is 2.19 bits per heavy atom. The fourth-order valence-electron chi connectivity index (χ4n) is 1.96. The van der Waals surface area contributed by atoms with Gasteiger partial charge in [-0.1, -0.05) is 6.07 Å². The maximum atomic E-state index is 10.9. The quantitative estimate of drug-likeness (QED) is 0.691. The first-order chi connectivity index (χ1) is 10.2. The van der Waals surface area contributed by atoms with Crippen LogP contribution in [0.5, 0.6) is 0 Å². The number of nitrogens with one attached hydrogen (secondary N) is 1. The Kier molecular flexibility index (Phi) is 3.51. The molecule has 0 radical (unpaired) electrons. The third-order valence-corrected chi connectivity index (χ3v) is 3.97. The van der Waals surface area contributed by atoms with E-state index >= 15 is 0 Å². The minimum Gasteiger partial charge on any atom is -0.392 e. The molecule has 2 aromatic heterocycles. The van der Waals surface area contributed by atoms with Crippen LogP contribution in [-0.4, -0.2) is 21.1 Å². The van der Waals surface area contributed by atoms with E-state index in [-0.39, 0.29) is 6.61 Å². The monoisotopic (exact) mass is 300 g/mol. The van der Waals surface area contributed by atoms with Crippen molar-refractivity contribution in [1.29, 1.82) is 0 Å². The van der Waals surface area contributed by atoms with E-state index in [1.54, 1.807) is 12.3 Å². The predicted molar refractivity (Wildman–Crippen MR) is 82.0 cm³/mol. The van der Waals surface area contributed by atoms with Crippen molar-refractivity contribution in [1.82, 2.24) is 9.97 Å². The summed E-state index contributed by atoms with van der Waals surface area (Å²) in [5.74, 6) is 0. The van der Waals surface area contributed by atoms with Gasteiger partial charge in [-0.2, -0.15) is 0 Å². The molecule has 7 heteroatoms. The fourth-order valence-corrected chi connectivity index (χ4v) is 2.89. The molecule has 106 valence electrons. The van der Waals surface area contributed by atoms with Crippen molar-refractivity contribution in [3.05, 3.63) is 42.2 Å². The molecule has 0 aliphatic heterocycles. The molecule has 0 fully saturated rings. The molecule has 3 rings (SSSR count). The molecule has 1 aromatic carbocycles. The Labute approximate surface area is 124 Å². The van der Waals surface area contributed by atoms with Crippen molar-refractivity contribution in [2.24, 2.45) is 5.73 Å². The topological polar surface area (TPSA) is 101 Å². The number of carbonyl (C=O) groups excluding carboxylic acids is 1. The average Bonchev–Trinajstić information content (AvgIpc) is 2.89. The zero-order valence-electron chi connectivity index (χ0n) is 10.9. The highest BCUT2D eigenvalue weighted by Crippen LogP contribution is 2.31. The number of thiazole rings is 1. The largest absolute Gasteiger partial charge is 0.392 e. The Bertz CT molecular complexity index is 816. The van der Waals surface area contributed by atoms with Gasteiger partial charge in [0.25, 0.3) is 0 Å². The number of carbonyl (C=O) groups is 1. The minimum atomic E-state index is -0.633. The first-order valence-electron chi connectivity index (χ1n) is 6.18. The Morgan fingerprint density at radius 3 is 2.95 bits per heavy atom. The number of urea groups is 1. The molecule has 0 saturated heterocycles. The van der Waals surface area contributed by atoms with E-state index in [1.165, 1.54) is 17.5 Å². The lowest BCUT2D eigenvalue weighted by molar-refractivity contribution is 0.259. The molecule has 6 nitrogen and oxygen atoms in total. The number of benzene rings is 1. The maximum Gasteiger partial charge on any atom is 0.316 e. The number of nitrogens with two attached hydrogens (primary N) is 1. The summed E-state index contributed by atoms with van der Waals surface area (Å²) in [6.45, 7) is -0.0115. The van der Waals surface area contributed by atoms with Crippen LogP contribution in [-0.2, 0) is 6.61 Å². The molecular formula is C14H12N4O2S. The number of amides is 2. The Hall–Kier alpha value is -2.51. The van der Waals surface area contributed by atoms with Crippen LogP contribution in [0.2, 0.25) is 0 Å². The summed E-state index contributed by atoms with van der Waals surface area (Å²) < 4.78 is 1.02. The van der Waals surface area contributed by atoms with Gasteiger partial charge in [0, 0.05) is 11.8 Å². The van der Waals surface area contributed by atoms with E-state index in [1.807, 2.05) is 18.2 Å². The summed E-state index contributed by atoms with van der Waals surface area (Å²) in [4.78, 5) is 19.5. The molecule has 0 bridgehead atoms. The van der Waals surface area contributed by atoms with Crippen LogP contribution in [0.1, 0.15) is 5.56 Å². The van der Waals surface area contributed by atoms with Crippen LogP contribution in [0.25, 0.3) is 20.8 Å². The molecule has 0 spiro atoms. The van der Waals surface area contributed by atoms with Gasteiger partial charge in [-0.3, -0.25) is 4.98 Å². The molecule has 2 heterocycles. The minimum absolute atomic E-state index is 0.0115. The average molecular weight is 300 g/mol. The Morgan fingerprint density at radius 1 is 1.33 bits per heavy atom. The summed E-state index contributed by atoms with van der Waals surface area (Å²) >= 11 is 1.52. The van der Waals surface area contributed by atoms with Gasteiger partial charge in [-0.25, -0.2) is 9.78 Å². The van der Waals surface area contributed by atoms with Crippen molar-refractivity contribution >= 4 is 33.3 Å². The molecule has 0 atom stereocenters. The van der Waals surface area contributed by atoms with E-state index in [4.69, 9.17) is 10.8 Å². The van der Waals surface area contributed by atoms with Crippen molar-refractivity contribution in [3.8, 4) is 10.6 Å². The lowest BCUT2D eigenvalue weighted by Crippen LogP contribution is -2.19. The number of hydrogen-bond acceptors (Lipinski definition) is 5. The molecule has 0 unspecified atom stereocenters. The smallest absolute Gasteiger partial charge is 0.316 e. The van der Waals surface area contributed by atoms with Crippen molar-refractivity contribution < 1.29 is 9.90 Å². The molecule has 2 amide bonds. The number of fused-ring (bicyclic) bond motifs is 1. The molecule has 0 aliphatic rings. The molecule has 21 heavy (non-hydrogen) atoms. The second-order valence-electron chi connectivity index (χ2n) is 4.43. The number of pyridine rings is 1. The number of hydrogen-bond donors (Lipinski definition) is 3. The third kappa shape index (κ3) is 2.83. The second-order valence-corrected chi connectivity index (χ2v) is 5.46. The standard InChI is InChI=1S/C14H12N4O2S/c15-14(20)17-10-4-9(5-16-6-10)13-18-11-3-8(7-19)1-2-12(11)21-13/h1-6,19H,7H2,(H3,15,17,20). The molecule has 4 N–H and O–H groups in total. The lowest BCUT2D eigenvalue weighted by atomic mass is 10.2.